The fourth-order valence-corrected chi connectivity index (χ4v) is 2.79. The predicted molar refractivity (Wildman–Crippen MR) is 77.6 cm³/mol. The van der Waals surface area contributed by atoms with E-state index in [1.165, 1.54) is 5.69 Å². The first-order valence-electron chi connectivity index (χ1n) is 6.21. The van der Waals surface area contributed by atoms with Crippen LogP contribution < -0.4 is 4.90 Å². The first-order chi connectivity index (χ1) is 8.61. The molecule has 2 unspecified atom stereocenters. The second-order valence-electron chi connectivity index (χ2n) is 4.93. The minimum Gasteiger partial charge on any atom is -0.366 e. The van der Waals surface area contributed by atoms with Crippen molar-refractivity contribution in [3.8, 4) is 6.07 Å². The lowest BCUT2D eigenvalue weighted by molar-refractivity contribution is 0.194. The lowest BCUT2D eigenvalue weighted by atomic mass is 10.0. The largest absolute Gasteiger partial charge is 0.366 e. The number of rotatable bonds is 2. The number of benzene rings is 1. The molecule has 96 valence electrons. The summed E-state index contributed by atoms with van der Waals surface area (Å²) in [6.07, 6.45) is 0.594. The molecule has 0 radical (unpaired) electrons. The summed E-state index contributed by atoms with van der Waals surface area (Å²) in [7, 11) is 2.11. The number of hydrogen-bond acceptors (Lipinski definition) is 3. The lowest BCUT2D eigenvalue weighted by Crippen LogP contribution is -2.56. The molecule has 0 saturated carbocycles. The molecule has 2 atom stereocenters. The van der Waals surface area contributed by atoms with Crippen LogP contribution in [0.2, 0.25) is 0 Å². The van der Waals surface area contributed by atoms with Crippen LogP contribution in [0.1, 0.15) is 13.3 Å². The number of halogens is 1. The highest BCUT2D eigenvalue weighted by Gasteiger charge is 2.29. The van der Waals surface area contributed by atoms with Crippen LogP contribution in [0, 0.1) is 11.3 Å². The van der Waals surface area contributed by atoms with Gasteiger partial charge in [-0.25, -0.2) is 0 Å². The Morgan fingerprint density at radius 1 is 1.33 bits per heavy atom. The van der Waals surface area contributed by atoms with Gasteiger partial charge in [0, 0.05) is 35.3 Å². The van der Waals surface area contributed by atoms with Crippen LogP contribution in [-0.2, 0) is 0 Å². The molecular weight excluding hydrogens is 290 g/mol. The molecule has 1 aromatic rings. The van der Waals surface area contributed by atoms with E-state index in [1.807, 2.05) is 0 Å². The van der Waals surface area contributed by atoms with Crippen molar-refractivity contribution in [3.05, 3.63) is 28.7 Å². The van der Waals surface area contributed by atoms with Crippen molar-refractivity contribution in [1.82, 2.24) is 4.90 Å². The average molecular weight is 308 g/mol. The van der Waals surface area contributed by atoms with E-state index in [4.69, 9.17) is 5.26 Å². The topological polar surface area (TPSA) is 30.3 Å². The van der Waals surface area contributed by atoms with Gasteiger partial charge in [0.2, 0.25) is 0 Å². The van der Waals surface area contributed by atoms with E-state index in [0.29, 0.717) is 18.5 Å². The summed E-state index contributed by atoms with van der Waals surface area (Å²) in [6.45, 7) is 4.16. The molecule has 4 heteroatoms. The zero-order valence-corrected chi connectivity index (χ0v) is 12.4. The van der Waals surface area contributed by atoms with Crippen LogP contribution in [0.25, 0.3) is 0 Å². The second kappa shape index (κ2) is 5.73. The highest BCUT2D eigenvalue weighted by atomic mass is 79.9. The molecule has 1 aliphatic rings. The molecule has 0 aromatic heterocycles. The molecule has 18 heavy (non-hydrogen) atoms. The Morgan fingerprint density at radius 2 is 2.00 bits per heavy atom. The Hall–Kier alpha value is -1.05. The Kier molecular flexibility index (Phi) is 4.26. The summed E-state index contributed by atoms with van der Waals surface area (Å²) < 4.78 is 1.10. The van der Waals surface area contributed by atoms with E-state index in [9.17, 15) is 0 Å². The van der Waals surface area contributed by atoms with Crippen molar-refractivity contribution in [2.45, 2.75) is 25.4 Å². The molecule has 3 nitrogen and oxygen atoms in total. The molecule has 0 spiro atoms. The number of piperazine rings is 1. The third-order valence-corrected chi connectivity index (χ3v) is 4.13. The van der Waals surface area contributed by atoms with Crippen molar-refractivity contribution in [1.29, 1.82) is 5.26 Å². The fraction of sp³-hybridized carbons (Fsp3) is 0.500. The van der Waals surface area contributed by atoms with Gasteiger partial charge in [0.1, 0.15) is 0 Å². The van der Waals surface area contributed by atoms with Crippen molar-refractivity contribution in [2.75, 3.05) is 25.0 Å². The standard InChI is InChI=1S/C14H18BrN3/c1-11-9-17(2)14(7-8-16)10-18(11)13-5-3-12(15)4-6-13/h3-6,11,14H,7,9-10H2,1-2H3. The summed E-state index contributed by atoms with van der Waals surface area (Å²) in [5.74, 6) is 0. The van der Waals surface area contributed by atoms with Crippen molar-refractivity contribution >= 4 is 21.6 Å². The van der Waals surface area contributed by atoms with Crippen molar-refractivity contribution in [2.24, 2.45) is 0 Å². The summed E-state index contributed by atoms with van der Waals surface area (Å²) in [6, 6.07) is 11.5. The summed E-state index contributed by atoms with van der Waals surface area (Å²) in [4.78, 5) is 4.69. The minimum atomic E-state index is 0.329. The number of hydrogen-bond donors (Lipinski definition) is 0. The normalized spacial score (nSPS) is 24.9. The Labute approximate surface area is 117 Å². The zero-order valence-electron chi connectivity index (χ0n) is 10.8. The predicted octanol–water partition coefficient (Wildman–Crippen LogP) is 2.87. The Balaban J connectivity index is 2.16. The van der Waals surface area contributed by atoms with Crippen molar-refractivity contribution < 1.29 is 0 Å². The summed E-state index contributed by atoms with van der Waals surface area (Å²) >= 11 is 3.46. The highest BCUT2D eigenvalue weighted by Crippen LogP contribution is 2.25. The Morgan fingerprint density at radius 3 is 2.61 bits per heavy atom. The van der Waals surface area contributed by atoms with E-state index < -0.39 is 0 Å². The maximum Gasteiger partial charge on any atom is 0.0638 e. The van der Waals surface area contributed by atoms with Gasteiger partial charge >= 0.3 is 0 Å². The van der Waals surface area contributed by atoms with Crippen LogP contribution in [0.15, 0.2) is 28.7 Å². The molecule has 1 aliphatic heterocycles. The SMILES string of the molecule is CC1CN(C)C(CC#N)CN1c1ccc(Br)cc1. The van der Waals surface area contributed by atoms with Gasteiger partial charge in [-0.1, -0.05) is 15.9 Å². The van der Waals surface area contributed by atoms with Crippen LogP contribution in [0.5, 0.6) is 0 Å². The first kappa shape index (κ1) is 13.4. The van der Waals surface area contributed by atoms with E-state index in [-0.39, 0.29) is 0 Å². The molecule has 2 rings (SSSR count). The lowest BCUT2D eigenvalue weighted by Gasteiger charge is -2.44. The zero-order chi connectivity index (χ0) is 13.1. The molecular formula is C14H18BrN3. The van der Waals surface area contributed by atoms with Gasteiger partial charge in [0.25, 0.3) is 0 Å². The van der Waals surface area contributed by atoms with Gasteiger partial charge in [0.05, 0.1) is 12.5 Å². The number of likely N-dealkylation sites (N-methyl/N-ethyl adjacent to an activating group) is 1. The van der Waals surface area contributed by atoms with Gasteiger partial charge in [0.15, 0.2) is 0 Å². The Bertz CT molecular complexity index is 437. The molecule has 1 fully saturated rings. The van der Waals surface area contributed by atoms with Gasteiger partial charge in [-0.05, 0) is 38.2 Å². The third-order valence-electron chi connectivity index (χ3n) is 3.60. The molecule has 0 amide bonds. The van der Waals surface area contributed by atoms with Crippen LogP contribution >= 0.6 is 15.9 Å². The quantitative estimate of drug-likeness (QED) is 0.841. The molecule has 0 N–H and O–H groups in total. The van der Waals surface area contributed by atoms with Gasteiger partial charge in [-0.3, -0.25) is 4.90 Å². The van der Waals surface area contributed by atoms with Gasteiger partial charge in [-0.15, -0.1) is 0 Å². The van der Waals surface area contributed by atoms with Gasteiger partial charge in [-0.2, -0.15) is 5.26 Å². The summed E-state index contributed by atoms with van der Waals surface area (Å²) in [5.41, 5.74) is 1.24. The minimum absolute atomic E-state index is 0.329. The van der Waals surface area contributed by atoms with E-state index in [1.54, 1.807) is 0 Å². The van der Waals surface area contributed by atoms with Crippen LogP contribution in [-0.4, -0.2) is 37.1 Å². The number of nitrogens with zero attached hydrogens (tertiary/aromatic N) is 3. The third kappa shape index (κ3) is 2.85. The van der Waals surface area contributed by atoms with E-state index >= 15 is 0 Å². The maximum atomic E-state index is 8.89. The first-order valence-corrected chi connectivity index (χ1v) is 7.00. The van der Waals surface area contributed by atoms with E-state index in [0.717, 1.165) is 17.6 Å². The second-order valence-corrected chi connectivity index (χ2v) is 5.85. The maximum absolute atomic E-state index is 8.89. The van der Waals surface area contributed by atoms with Crippen molar-refractivity contribution in [3.63, 3.8) is 0 Å². The van der Waals surface area contributed by atoms with E-state index in [2.05, 4.69) is 70.0 Å². The fourth-order valence-electron chi connectivity index (χ4n) is 2.53. The van der Waals surface area contributed by atoms with Gasteiger partial charge < -0.3 is 4.90 Å². The van der Waals surface area contributed by atoms with Crippen LogP contribution in [0.4, 0.5) is 5.69 Å². The monoisotopic (exact) mass is 307 g/mol. The smallest absolute Gasteiger partial charge is 0.0638 e. The highest BCUT2D eigenvalue weighted by molar-refractivity contribution is 9.10. The molecule has 1 aromatic carbocycles. The average Bonchev–Trinajstić information content (AvgIpc) is 2.34. The molecule has 1 heterocycles. The molecule has 0 aliphatic carbocycles. The number of anilines is 1. The molecule has 1 saturated heterocycles. The number of nitriles is 1. The van der Waals surface area contributed by atoms with Crippen LogP contribution in [0.3, 0.4) is 0 Å². The molecule has 0 bridgehead atoms. The summed E-state index contributed by atoms with van der Waals surface area (Å²) in [5, 5.41) is 8.89.